The average Bonchev–Trinajstić information content (AvgIpc) is 3.37. The second kappa shape index (κ2) is 12.0. The Morgan fingerprint density at radius 1 is 1.19 bits per heavy atom. The fourth-order valence-corrected chi connectivity index (χ4v) is 5.23. The Balaban J connectivity index is 1.66. The summed E-state index contributed by atoms with van der Waals surface area (Å²) < 4.78 is 12.8. The molecule has 1 aromatic carbocycles. The number of carbonyl (C=O) groups excluding carboxylic acids is 3. The van der Waals surface area contributed by atoms with Gasteiger partial charge in [-0.05, 0) is 50.5 Å². The van der Waals surface area contributed by atoms with Crippen molar-refractivity contribution in [3.8, 4) is 5.75 Å². The third-order valence-corrected chi connectivity index (χ3v) is 7.55. The van der Waals surface area contributed by atoms with Crippen LogP contribution < -0.4 is 15.8 Å². The fourth-order valence-electron chi connectivity index (χ4n) is 3.44. The molecule has 10 nitrogen and oxygen atoms in total. The highest BCUT2D eigenvalue weighted by Gasteiger charge is 2.26. The number of benzene rings is 1. The van der Waals surface area contributed by atoms with E-state index in [4.69, 9.17) is 15.2 Å². The molecule has 3 N–H and O–H groups in total. The first-order valence-corrected chi connectivity index (χ1v) is 13.1. The molecule has 1 unspecified atom stereocenters. The van der Waals surface area contributed by atoms with Gasteiger partial charge in [-0.2, -0.15) is 0 Å². The van der Waals surface area contributed by atoms with Gasteiger partial charge in [0.25, 0.3) is 5.91 Å². The maximum atomic E-state index is 12.7. The van der Waals surface area contributed by atoms with Gasteiger partial charge in [-0.25, -0.2) is 4.79 Å². The van der Waals surface area contributed by atoms with Gasteiger partial charge in [0, 0.05) is 7.05 Å². The number of hydrogen-bond donors (Lipinski definition) is 2. The van der Waals surface area contributed by atoms with Crippen molar-refractivity contribution in [1.29, 1.82) is 0 Å². The largest absolute Gasteiger partial charge is 0.483 e. The van der Waals surface area contributed by atoms with Crippen molar-refractivity contribution in [2.45, 2.75) is 45.4 Å². The maximum absolute atomic E-state index is 12.7. The minimum Gasteiger partial charge on any atom is -0.483 e. The monoisotopic (exact) mass is 531 g/mol. The molecule has 0 spiro atoms. The smallest absolute Gasteiger partial charge is 0.341 e. The van der Waals surface area contributed by atoms with Crippen LogP contribution in [0.1, 0.15) is 63.9 Å². The second-order valence-electron chi connectivity index (χ2n) is 7.84. The number of amides is 2. The van der Waals surface area contributed by atoms with Crippen LogP contribution in [0.3, 0.4) is 0 Å². The number of esters is 1. The summed E-state index contributed by atoms with van der Waals surface area (Å²) in [7, 11) is 1.80. The van der Waals surface area contributed by atoms with Crippen LogP contribution in [-0.4, -0.2) is 44.9 Å². The molecule has 0 aliphatic heterocycles. The van der Waals surface area contributed by atoms with Crippen LogP contribution in [0.4, 0.5) is 5.00 Å². The molecule has 12 heteroatoms. The lowest BCUT2D eigenvalue weighted by Crippen LogP contribution is -2.17. The number of nitrogens with two attached hydrogens (primary N) is 1. The number of nitrogens with zero attached hydrogens (tertiary/aromatic N) is 3. The molecule has 3 aromatic rings. The molecule has 0 aliphatic rings. The van der Waals surface area contributed by atoms with E-state index in [0.29, 0.717) is 16.5 Å². The Labute approximate surface area is 217 Å². The number of ether oxygens (including phenoxy) is 2. The Kier molecular flexibility index (Phi) is 9.10. The first-order valence-electron chi connectivity index (χ1n) is 11.3. The molecule has 3 rings (SSSR count). The zero-order valence-corrected chi connectivity index (χ0v) is 22.4. The SMILES string of the molecule is CCOC(=O)c1c(NC(=O)CSc2nnc(C(C)Oc3ccc(CC)cc3)n2C)sc(C(N)=O)c1C. The number of carbonyl (C=O) groups is 3. The molecule has 2 aromatic heterocycles. The minimum absolute atomic E-state index is 0.00477. The molecule has 0 bridgehead atoms. The molecule has 36 heavy (non-hydrogen) atoms. The van der Waals surface area contributed by atoms with Gasteiger partial charge in [0.15, 0.2) is 17.1 Å². The second-order valence-corrected chi connectivity index (χ2v) is 9.80. The van der Waals surface area contributed by atoms with Crippen molar-refractivity contribution >= 4 is 45.9 Å². The Morgan fingerprint density at radius 3 is 2.50 bits per heavy atom. The molecule has 2 heterocycles. The normalized spacial score (nSPS) is 11.7. The molecule has 1 atom stereocenters. The zero-order chi connectivity index (χ0) is 26.4. The quantitative estimate of drug-likeness (QED) is 0.281. The van der Waals surface area contributed by atoms with E-state index in [2.05, 4.69) is 22.4 Å². The molecule has 192 valence electrons. The molecule has 0 fully saturated rings. The first-order chi connectivity index (χ1) is 17.2. The number of aryl methyl sites for hydroxylation is 1. The van der Waals surface area contributed by atoms with Gasteiger partial charge >= 0.3 is 5.97 Å². The van der Waals surface area contributed by atoms with Gasteiger partial charge in [-0.15, -0.1) is 21.5 Å². The zero-order valence-electron chi connectivity index (χ0n) is 20.8. The van der Waals surface area contributed by atoms with Crippen LogP contribution in [0.25, 0.3) is 0 Å². The van der Waals surface area contributed by atoms with Gasteiger partial charge < -0.3 is 25.1 Å². The van der Waals surface area contributed by atoms with E-state index in [0.717, 1.165) is 23.5 Å². The van der Waals surface area contributed by atoms with Crippen molar-refractivity contribution in [1.82, 2.24) is 14.8 Å². The van der Waals surface area contributed by atoms with Crippen LogP contribution in [0.15, 0.2) is 29.4 Å². The van der Waals surface area contributed by atoms with E-state index in [1.165, 1.54) is 17.3 Å². The summed E-state index contributed by atoms with van der Waals surface area (Å²) in [5.41, 5.74) is 7.15. The number of rotatable bonds is 11. The third-order valence-electron chi connectivity index (χ3n) is 5.31. The van der Waals surface area contributed by atoms with E-state index in [1.54, 1.807) is 25.5 Å². The molecular weight excluding hydrogens is 502 g/mol. The molecule has 0 saturated heterocycles. The highest BCUT2D eigenvalue weighted by Crippen LogP contribution is 2.34. The molecule has 0 aliphatic carbocycles. The number of thiophene rings is 1. The summed E-state index contributed by atoms with van der Waals surface area (Å²) in [5, 5.41) is 11.9. The highest BCUT2D eigenvalue weighted by atomic mass is 32.2. The van der Waals surface area contributed by atoms with E-state index in [-0.39, 0.29) is 39.8 Å². The minimum atomic E-state index is -0.679. The number of nitrogens with one attached hydrogen (secondary N) is 1. The summed E-state index contributed by atoms with van der Waals surface area (Å²) in [4.78, 5) is 37.0. The summed E-state index contributed by atoms with van der Waals surface area (Å²) in [5.74, 6) is -0.338. The predicted molar refractivity (Wildman–Crippen MR) is 139 cm³/mol. The van der Waals surface area contributed by atoms with Crippen molar-refractivity contribution in [3.63, 3.8) is 0 Å². The van der Waals surface area contributed by atoms with Crippen molar-refractivity contribution < 1.29 is 23.9 Å². The molecule has 0 saturated carbocycles. The Bertz CT molecular complexity index is 1250. The van der Waals surface area contributed by atoms with Crippen molar-refractivity contribution in [2.75, 3.05) is 17.7 Å². The molecule has 2 amide bonds. The van der Waals surface area contributed by atoms with Gasteiger partial charge in [0.05, 0.1) is 22.8 Å². The maximum Gasteiger partial charge on any atom is 0.341 e. The van der Waals surface area contributed by atoms with Crippen LogP contribution in [0.5, 0.6) is 5.75 Å². The molecular formula is C24H29N5O5S2. The van der Waals surface area contributed by atoms with Crippen molar-refractivity contribution in [2.24, 2.45) is 12.8 Å². The van der Waals surface area contributed by atoms with E-state index >= 15 is 0 Å². The summed E-state index contributed by atoms with van der Waals surface area (Å²) in [6.07, 6.45) is 0.599. The predicted octanol–water partition coefficient (Wildman–Crippen LogP) is 3.89. The van der Waals surface area contributed by atoms with E-state index < -0.39 is 11.9 Å². The van der Waals surface area contributed by atoms with Gasteiger partial charge in [0.2, 0.25) is 5.91 Å². The van der Waals surface area contributed by atoms with E-state index in [1.807, 2.05) is 31.2 Å². The van der Waals surface area contributed by atoms with Gasteiger partial charge in [-0.3, -0.25) is 9.59 Å². The Hall–Kier alpha value is -3.38. The van der Waals surface area contributed by atoms with Crippen molar-refractivity contribution in [3.05, 3.63) is 51.7 Å². The lowest BCUT2D eigenvalue weighted by atomic mass is 10.1. The number of primary amides is 1. The van der Waals surface area contributed by atoms with Crippen LogP contribution in [-0.2, 0) is 23.0 Å². The number of anilines is 1. The number of aromatic nitrogens is 3. The first kappa shape index (κ1) is 27.2. The fraction of sp³-hybridized carbons (Fsp3) is 0.375. The van der Waals surface area contributed by atoms with Crippen LogP contribution in [0.2, 0.25) is 0 Å². The standard InChI is InChI=1S/C24H29N5O5S2/c1-6-15-8-10-16(11-9-15)34-14(4)21-27-28-24(29(21)5)35-12-17(30)26-22-18(23(32)33-7-2)13(3)19(36-22)20(25)31/h8-11,14H,6-7,12H2,1-5H3,(H2,25,31)(H,26,30). The topological polar surface area (TPSA) is 138 Å². The highest BCUT2D eigenvalue weighted by molar-refractivity contribution is 7.99. The summed E-state index contributed by atoms with van der Waals surface area (Å²) in [6, 6.07) is 7.89. The van der Waals surface area contributed by atoms with Gasteiger partial charge in [0.1, 0.15) is 10.8 Å². The number of hydrogen-bond acceptors (Lipinski definition) is 9. The van der Waals surface area contributed by atoms with Crippen LogP contribution >= 0.6 is 23.1 Å². The lowest BCUT2D eigenvalue weighted by molar-refractivity contribution is -0.113. The van der Waals surface area contributed by atoms with E-state index in [9.17, 15) is 14.4 Å². The average molecular weight is 532 g/mol. The summed E-state index contributed by atoms with van der Waals surface area (Å²) in [6.45, 7) is 7.40. The molecule has 0 radical (unpaired) electrons. The van der Waals surface area contributed by atoms with Gasteiger partial charge in [-0.1, -0.05) is 30.8 Å². The van der Waals surface area contributed by atoms with Crippen LogP contribution in [0, 0.1) is 6.92 Å². The lowest BCUT2D eigenvalue weighted by Gasteiger charge is -2.14. The Morgan fingerprint density at radius 2 is 1.89 bits per heavy atom. The summed E-state index contributed by atoms with van der Waals surface area (Å²) >= 11 is 2.13. The number of thioether (sulfide) groups is 1. The third kappa shape index (κ3) is 6.24.